The van der Waals surface area contributed by atoms with Crippen LogP contribution >= 0.6 is 0 Å². The molecule has 0 aromatic carbocycles. The highest BCUT2D eigenvalue weighted by molar-refractivity contribution is 6.03. The van der Waals surface area contributed by atoms with Crippen molar-refractivity contribution >= 4 is 11.5 Å². The fourth-order valence-electron chi connectivity index (χ4n) is 1.02. The molecule has 0 amide bonds. The van der Waals surface area contributed by atoms with E-state index in [1.54, 1.807) is 12.3 Å². The molecule has 0 saturated carbocycles. The van der Waals surface area contributed by atoms with E-state index in [1.807, 2.05) is 20.8 Å². The summed E-state index contributed by atoms with van der Waals surface area (Å²) in [5.74, 6) is 0.0485. The molecule has 0 saturated heterocycles. The van der Waals surface area contributed by atoms with Crippen LogP contribution in [-0.4, -0.2) is 10.8 Å². The smallest absolute Gasteiger partial charge is 0.170 e. The van der Waals surface area contributed by atoms with E-state index in [0.29, 0.717) is 11.3 Å². The van der Waals surface area contributed by atoms with Gasteiger partial charge in [-0.15, -0.1) is 0 Å². The van der Waals surface area contributed by atoms with Gasteiger partial charge in [-0.1, -0.05) is 20.8 Å². The number of pyridine rings is 1. The summed E-state index contributed by atoms with van der Waals surface area (Å²) in [6, 6.07) is 1.66. The van der Waals surface area contributed by atoms with E-state index in [0.717, 1.165) is 0 Å². The molecule has 0 bridgehead atoms. The van der Waals surface area contributed by atoms with Gasteiger partial charge in [0.2, 0.25) is 0 Å². The van der Waals surface area contributed by atoms with Gasteiger partial charge >= 0.3 is 0 Å². The van der Waals surface area contributed by atoms with Crippen molar-refractivity contribution in [2.45, 2.75) is 20.8 Å². The maximum atomic E-state index is 11.8. The molecule has 0 spiro atoms. The molecule has 1 heterocycles. The van der Waals surface area contributed by atoms with Gasteiger partial charge in [0.05, 0.1) is 11.9 Å². The number of nitrogens with two attached hydrogens (primary N) is 1. The molecule has 3 heteroatoms. The number of rotatable bonds is 1. The molecule has 0 aliphatic rings. The number of carbonyl (C=O) groups is 1. The Morgan fingerprint density at radius 1 is 1.46 bits per heavy atom. The second kappa shape index (κ2) is 3.17. The SMILES string of the molecule is CC(C)(C)C(=O)c1ccncc1N. The van der Waals surface area contributed by atoms with E-state index >= 15 is 0 Å². The number of carbonyl (C=O) groups excluding carboxylic acids is 1. The highest BCUT2D eigenvalue weighted by Gasteiger charge is 2.24. The molecule has 70 valence electrons. The Bertz CT molecular complexity index is 326. The predicted octanol–water partition coefficient (Wildman–Crippen LogP) is 1.89. The highest BCUT2D eigenvalue weighted by Crippen LogP contribution is 2.23. The minimum Gasteiger partial charge on any atom is -0.397 e. The van der Waals surface area contributed by atoms with Gasteiger partial charge in [0.1, 0.15) is 0 Å². The monoisotopic (exact) mass is 178 g/mol. The van der Waals surface area contributed by atoms with Crippen molar-refractivity contribution in [1.82, 2.24) is 4.98 Å². The number of aromatic nitrogens is 1. The Labute approximate surface area is 78.0 Å². The Hall–Kier alpha value is -1.38. The van der Waals surface area contributed by atoms with Crippen LogP contribution in [0.1, 0.15) is 31.1 Å². The molecule has 1 rings (SSSR count). The molecule has 0 unspecified atom stereocenters. The van der Waals surface area contributed by atoms with Crippen LogP contribution in [0.25, 0.3) is 0 Å². The third-order valence-corrected chi connectivity index (χ3v) is 1.78. The summed E-state index contributed by atoms with van der Waals surface area (Å²) in [7, 11) is 0. The summed E-state index contributed by atoms with van der Waals surface area (Å²) in [5, 5.41) is 0. The van der Waals surface area contributed by atoms with Crippen molar-refractivity contribution in [1.29, 1.82) is 0 Å². The molecule has 0 aliphatic heterocycles. The topological polar surface area (TPSA) is 56.0 Å². The van der Waals surface area contributed by atoms with E-state index < -0.39 is 5.41 Å². The van der Waals surface area contributed by atoms with Gasteiger partial charge in [-0.2, -0.15) is 0 Å². The molecule has 1 aromatic heterocycles. The van der Waals surface area contributed by atoms with Crippen LogP contribution in [0, 0.1) is 5.41 Å². The zero-order valence-electron chi connectivity index (χ0n) is 8.16. The number of Topliss-reactive ketones (excluding diaryl/α,β-unsaturated/α-hetero) is 1. The van der Waals surface area contributed by atoms with Crippen LogP contribution in [-0.2, 0) is 0 Å². The largest absolute Gasteiger partial charge is 0.397 e. The molecule has 0 atom stereocenters. The van der Waals surface area contributed by atoms with Crippen LogP contribution in [0.2, 0.25) is 0 Å². The summed E-state index contributed by atoms with van der Waals surface area (Å²) in [5.41, 5.74) is 6.25. The average Bonchev–Trinajstić information content (AvgIpc) is 2.02. The van der Waals surface area contributed by atoms with Crippen molar-refractivity contribution in [2.75, 3.05) is 5.73 Å². The van der Waals surface area contributed by atoms with Crippen molar-refractivity contribution in [3.8, 4) is 0 Å². The lowest BCUT2D eigenvalue weighted by Gasteiger charge is -2.17. The van der Waals surface area contributed by atoms with E-state index in [1.165, 1.54) is 6.20 Å². The van der Waals surface area contributed by atoms with Gasteiger partial charge < -0.3 is 5.73 Å². The molecule has 0 aliphatic carbocycles. The molecular formula is C10H14N2O. The van der Waals surface area contributed by atoms with Gasteiger partial charge in [-0.05, 0) is 6.07 Å². The number of nitrogen functional groups attached to an aromatic ring is 1. The van der Waals surface area contributed by atoms with Crippen LogP contribution in [0.15, 0.2) is 18.5 Å². The first-order valence-corrected chi connectivity index (χ1v) is 4.17. The van der Waals surface area contributed by atoms with Crippen LogP contribution in [0.5, 0.6) is 0 Å². The van der Waals surface area contributed by atoms with E-state index in [4.69, 9.17) is 5.73 Å². The summed E-state index contributed by atoms with van der Waals surface area (Å²) in [6.07, 6.45) is 3.08. The Morgan fingerprint density at radius 2 is 2.08 bits per heavy atom. The van der Waals surface area contributed by atoms with Gasteiger partial charge in [0, 0.05) is 17.2 Å². The lowest BCUT2D eigenvalue weighted by atomic mass is 9.86. The predicted molar refractivity (Wildman–Crippen MR) is 52.4 cm³/mol. The average molecular weight is 178 g/mol. The minimum absolute atomic E-state index is 0.0485. The number of hydrogen-bond acceptors (Lipinski definition) is 3. The van der Waals surface area contributed by atoms with E-state index in [9.17, 15) is 4.79 Å². The van der Waals surface area contributed by atoms with Crippen LogP contribution < -0.4 is 5.73 Å². The molecule has 3 nitrogen and oxygen atoms in total. The number of hydrogen-bond donors (Lipinski definition) is 1. The summed E-state index contributed by atoms with van der Waals surface area (Å²) in [4.78, 5) is 15.6. The Kier molecular flexibility index (Phi) is 2.36. The van der Waals surface area contributed by atoms with Crippen molar-refractivity contribution in [3.05, 3.63) is 24.0 Å². The normalized spacial score (nSPS) is 11.3. The molecule has 0 radical (unpaired) electrons. The highest BCUT2D eigenvalue weighted by atomic mass is 16.1. The molecule has 13 heavy (non-hydrogen) atoms. The summed E-state index contributed by atoms with van der Waals surface area (Å²) in [6.45, 7) is 5.61. The maximum Gasteiger partial charge on any atom is 0.170 e. The second-order valence-corrected chi connectivity index (χ2v) is 4.04. The van der Waals surface area contributed by atoms with Gasteiger partial charge in [0.25, 0.3) is 0 Å². The van der Waals surface area contributed by atoms with Crippen molar-refractivity contribution < 1.29 is 4.79 Å². The van der Waals surface area contributed by atoms with E-state index in [2.05, 4.69) is 4.98 Å². The quantitative estimate of drug-likeness (QED) is 0.668. The molecular weight excluding hydrogens is 164 g/mol. The van der Waals surface area contributed by atoms with Gasteiger partial charge in [-0.3, -0.25) is 9.78 Å². The first-order chi connectivity index (χ1) is 5.93. The van der Waals surface area contributed by atoms with E-state index in [-0.39, 0.29) is 5.78 Å². The molecule has 0 fully saturated rings. The summed E-state index contributed by atoms with van der Waals surface area (Å²) < 4.78 is 0. The Morgan fingerprint density at radius 3 is 2.54 bits per heavy atom. The minimum atomic E-state index is -0.393. The zero-order valence-corrected chi connectivity index (χ0v) is 8.16. The maximum absolute atomic E-state index is 11.8. The lowest BCUT2D eigenvalue weighted by molar-refractivity contribution is 0.0859. The molecule has 2 N–H and O–H groups in total. The molecule has 1 aromatic rings. The number of anilines is 1. The number of nitrogens with zero attached hydrogens (tertiary/aromatic N) is 1. The van der Waals surface area contributed by atoms with Crippen LogP contribution in [0.4, 0.5) is 5.69 Å². The van der Waals surface area contributed by atoms with Gasteiger partial charge in [-0.25, -0.2) is 0 Å². The van der Waals surface area contributed by atoms with Gasteiger partial charge in [0.15, 0.2) is 5.78 Å². The standard InChI is InChI=1S/C10H14N2O/c1-10(2,3)9(13)7-4-5-12-6-8(7)11/h4-6H,11H2,1-3H3. The zero-order chi connectivity index (χ0) is 10.1. The van der Waals surface area contributed by atoms with Crippen molar-refractivity contribution in [3.63, 3.8) is 0 Å². The first-order valence-electron chi connectivity index (χ1n) is 4.17. The summed E-state index contributed by atoms with van der Waals surface area (Å²) >= 11 is 0. The lowest BCUT2D eigenvalue weighted by Crippen LogP contribution is -2.21. The van der Waals surface area contributed by atoms with Crippen LogP contribution in [0.3, 0.4) is 0 Å². The third-order valence-electron chi connectivity index (χ3n) is 1.78. The fraction of sp³-hybridized carbons (Fsp3) is 0.400. The second-order valence-electron chi connectivity index (χ2n) is 4.04. The fourth-order valence-corrected chi connectivity index (χ4v) is 1.02. The third kappa shape index (κ3) is 2.05. The first kappa shape index (κ1) is 9.71. The Balaban J connectivity index is 3.10. The number of ketones is 1. The van der Waals surface area contributed by atoms with Crippen molar-refractivity contribution in [2.24, 2.45) is 5.41 Å².